The van der Waals surface area contributed by atoms with E-state index < -0.39 is 0 Å². The summed E-state index contributed by atoms with van der Waals surface area (Å²) in [5.41, 5.74) is -0.295. The number of carbonyl (C=O) groups excluding carboxylic acids is 1. The second kappa shape index (κ2) is 9.79. The van der Waals surface area contributed by atoms with Gasteiger partial charge in [0.25, 0.3) is 0 Å². The number of allylic oxidation sites excluding steroid dienone is 2. The summed E-state index contributed by atoms with van der Waals surface area (Å²) in [5.74, 6) is 6.71. The molecule has 29 heavy (non-hydrogen) atoms. The van der Waals surface area contributed by atoms with Crippen molar-refractivity contribution < 1.29 is 9.53 Å². The number of hydrogen-bond donors (Lipinski definition) is 0. The van der Waals surface area contributed by atoms with E-state index in [9.17, 15) is 4.79 Å². The summed E-state index contributed by atoms with van der Waals surface area (Å²) in [6.07, 6.45) is 21.0. The average Bonchev–Trinajstić information content (AvgIpc) is 2.73. The first-order valence-corrected chi connectivity index (χ1v) is 13.6. The normalized spacial score (nSPS) is 35.6. The van der Waals surface area contributed by atoms with Crippen LogP contribution in [0.25, 0.3) is 0 Å². The fourth-order valence-corrected chi connectivity index (χ4v) is 8.33. The van der Waals surface area contributed by atoms with Gasteiger partial charge in [-0.2, -0.15) is 0 Å². The number of thioether (sulfide) groups is 1. The first kappa shape index (κ1) is 21.8. The topological polar surface area (TPSA) is 26.3 Å². The van der Waals surface area contributed by atoms with Crippen molar-refractivity contribution in [2.24, 2.45) is 35.5 Å². The third-order valence-corrected chi connectivity index (χ3v) is 9.85. The molecule has 5 unspecified atom stereocenters. The van der Waals surface area contributed by atoms with Gasteiger partial charge in [-0.25, -0.2) is 0 Å². The van der Waals surface area contributed by atoms with Crippen molar-refractivity contribution in [3.8, 4) is 0 Å². The van der Waals surface area contributed by atoms with Gasteiger partial charge in [-0.3, -0.25) is 4.79 Å². The van der Waals surface area contributed by atoms with Gasteiger partial charge in [0.1, 0.15) is 5.60 Å². The van der Waals surface area contributed by atoms with Crippen LogP contribution in [0.2, 0.25) is 0 Å². The van der Waals surface area contributed by atoms with Crippen molar-refractivity contribution in [2.45, 2.75) is 96.5 Å². The largest absolute Gasteiger partial charge is 0.459 e. The molecule has 3 fully saturated rings. The van der Waals surface area contributed by atoms with Crippen LogP contribution in [0.3, 0.4) is 0 Å². The van der Waals surface area contributed by atoms with Crippen molar-refractivity contribution >= 4 is 17.7 Å². The van der Waals surface area contributed by atoms with Gasteiger partial charge in [-0.05, 0) is 93.6 Å². The van der Waals surface area contributed by atoms with Crippen LogP contribution < -0.4 is 0 Å². The van der Waals surface area contributed by atoms with Gasteiger partial charge in [0.05, 0.1) is 5.75 Å². The lowest BCUT2D eigenvalue weighted by Gasteiger charge is -2.50. The Labute approximate surface area is 183 Å². The lowest BCUT2D eigenvalue weighted by molar-refractivity contribution is -0.159. The van der Waals surface area contributed by atoms with Crippen LogP contribution in [0.1, 0.15) is 90.9 Å². The van der Waals surface area contributed by atoms with Crippen molar-refractivity contribution in [3.05, 3.63) is 12.2 Å². The molecule has 164 valence electrons. The Morgan fingerprint density at radius 3 is 2.48 bits per heavy atom. The van der Waals surface area contributed by atoms with Crippen LogP contribution in [0.15, 0.2) is 12.2 Å². The zero-order valence-corrected chi connectivity index (χ0v) is 19.6. The minimum atomic E-state index is -0.295. The Balaban J connectivity index is 1.30. The highest BCUT2D eigenvalue weighted by atomic mass is 32.2. The molecular weight excluding hydrogens is 376 g/mol. The number of carbonyl (C=O) groups is 1. The molecule has 4 aliphatic rings. The molecule has 4 aliphatic carbocycles. The van der Waals surface area contributed by atoms with E-state index in [1.54, 1.807) is 0 Å². The van der Waals surface area contributed by atoms with Crippen molar-refractivity contribution in [3.63, 3.8) is 0 Å². The maximum absolute atomic E-state index is 12.7. The quantitative estimate of drug-likeness (QED) is 0.342. The molecule has 3 heteroatoms. The molecule has 0 saturated heterocycles. The van der Waals surface area contributed by atoms with E-state index in [-0.39, 0.29) is 11.6 Å². The summed E-state index contributed by atoms with van der Waals surface area (Å²) >= 11 is 1.87. The summed E-state index contributed by atoms with van der Waals surface area (Å²) in [6.45, 7) is 4.27. The SMILES string of the molecule is CC(C)(OC(=O)CSCC1C2CC=CCC2CC2CCCCC21)C1CCCCC1. The summed E-state index contributed by atoms with van der Waals surface area (Å²) < 4.78 is 6.01. The predicted octanol–water partition coefficient (Wildman–Crippen LogP) is 7.03. The van der Waals surface area contributed by atoms with Gasteiger partial charge in [0, 0.05) is 0 Å². The second-order valence-corrected chi connectivity index (χ2v) is 11.9. The molecule has 0 bridgehead atoms. The van der Waals surface area contributed by atoms with E-state index >= 15 is 0 Å². The monoisotopic (exact) mass is 418 g/mol. The molecule has 0 heterocycles. The highest BCUT2D eigenvalue weighted by Gasteiger charge is 2.44. The lowest BCUT2D eigenvalue weighted by atomic mass is 9.56. The zero-order valence-electron chi connectivity index (χ0n) is 18.7. The standard InChI is InChI=1S/C26H42O2S/c1-26(2,21-12-4-3-5-13-21)28-25(27)18-29-17-24-22-14-8-6-10-19(22)16-20-11-7-9-15-23(20)24/h6,8,19-24H,3-5,7,9-18H2,1-2H3. The van der Waals surface area contributed by atoms with Crippen LogP contribution >= 0.6 is 11.8 Å². The first-order valence-electron chi connectivity index (χ1n) is 12.5. The van der Waals surface area contributed by atoms with E-state index in [1.165, 1.54) is 77.0 Å². The van der Waals surface area contributed by atoms with E-state index in [4.69, 9.17) is 4.74 Å². The number of rotatable bonds is 6. The zero-order chi connectivity index (χ0) is 20.3. The average molecular weight is 419 g/mol. The van der Waals surface area contributed by atoms with Gasteiger partial charge in [0.2, 0.25) is 0 Å². The van der Waals surface area contributed by atoms with Gasteiger partial charge in [0.15, 0.2) is 0 Å². The highest BCUT2D eigenvalue weighted by molar-refractivity contribution is 7.99. The molecule has 0 aromatic heterocycles. The Morgan fingerprint density at radius 1 is 0.931 bits per heavy atom. The Kier molecular flexibility index (Phi) is 7.35. The first-order chi connectivity index (χ1) is 14.0. The number of hydrogen-bond acceptors (Lipinski definition) is 3. The fourth-order valence-electron chi connectivity index (χ4n) is 7.22. The molecule has 0 N–H and O–H groups in total. The van der Waals surface area contributed by atoms with Crippen LogP contribution in [0.5, 0.6) is 0 Å². The van der Waals surface area contributed by atoms with Gasteiger partial charge in [-0.15, -0.1) is 11.8 Å². The number of esters is 1. The second-order valence-electron chi connectivity index (χ2n) is 10.9. The molecule has 0 aliphatic heterocycles. The minimum absolute atomic E-state index is 0.0154. The van der Waals surface area contributed by atoms with Gasteiger partial charge >= 0.3 is 5.97 Å². The van der Waals surface area contributed by atoms with Crippen molar-refractivity contribution in [1.82, 2.24) is 0 Å². The summed E-state index contributed by atoms with van der Waals surface area (Å²) in [4.78, 5) is 12.7. The van der Waals surface area contributed by atoms with Crippen LogP contribution in [-0.4, -0.2) is 23.1 Å². The van der Waals surface area contributed by atoms with E-state index in [0.29, 0.717) is 11.7 Å². The summed E-state index contributed by atoms with van der Waals surface area (Å²) in [7, 11) is 0. The van der Waals surface area contributed by atoms with Crippen LogP contribution in [0.4, 0.5) is 0 Å². The molecule has 0 radical (unpaired) electrons. The van der Waals surface area contributed by atoms with Crippen molar-refractivity contribution in [2.75, 3.05) is 11.5 Å². The van der Waals surface area contributed by atoms with Gasteiger partial charge < -0.3 is 4.74 Å². The molecule has 0 spiro atoms. The molecular formula is C26H42O2S. The Morgan fingerprint density at radius 2 is 1.66 bits per heavy atom. The molecule has 0 aromatic carbocycles. The summed E-state index contributed by atoms with van der Waals surface area (Å²) in [5, 5.41) is 0. The van der Waals surface area contributed by atoms with Gasteiger partial charge in [-0.1, -0.05) is 50.7 Å². The third-order valence-electron chi connectivity index (χ3n) is 8.79. The molecule has 4 rings (SSSR count). The maximum atomic E-state index is 12.7. The molecule has 0 amide bonds. The Hall–Kier alpha value is -0.440. The van der Waals surface area contributed by atoms with Crippen LogP contribution in [-0.2, 0) is 9.53 Å². The van der Waals surface area contributed by atoms with E-state index in [0.717, 1.165) is 35.3 Å². The molecule has 2 nitrogen and oxygen atoms in total. The number of ether oxygens (including phenoxy) is 1. The maximum Gasteiger partial charge on any atom is 0.316 e. The molecule has 3 saturated carbocycles. The van der Waals surface area contributed by atoms with Crippen molar-refractivity contribution in [1.29, 1.82) is 0 Å². The summed E-state index contributed by atoms with van der Waals surface area (Å²) in [6, 6.07) is 0. The number of fused-ring (bicyclic) bond motifs is 2. The van der Waals surface area contributed by atoms with E-state index in [2.05, 4.69) is 26.0 Å². The smallest absolute Gasteiger partial charge is 0.316 e. The lowest BCUT2D eigenvalue weighted by Crippen LogP contribution is -2.43. The molecule has 5 atom stereocenters. The fraction of sp³-hybridized carbons (Fsp3) is 0.885. The molecule has 0 aromatic rings. The van der Waals surface area contributed by atoms with E-state index in [1.807, 2.05) is 11.8 Å². The predicted molar refractivity (Wildman–Crippen MR) is 123 cm³/mol. The van der Waals surface area contributed by atoms with Crippen LogP contribution in [0, 0.1) is 35.5 Å². The Bertz CT molecular complexity index is 577. The minimum Gasteiger partial charge on any atom is -0.459 e. The third kappa shape index (κ3) is 5.25. The highest BCUT2D eigenvalue weighted by Crippen LogP contribution is 2.52.